The van der Waals surface area contributed by atoms with Gasteiger partial charge in [0.05, 0.1) is 17.3 Å². The summed E-state index contributed by atoms with van der Waals surface area (Å²) in [6.07, 6.45) is -1.71. The summed E-state index contributed by atoms with van der Waals surface area (Å²) in [5.41, 5.74) is 1.72. The Bertz CT molecular complexity index is 558. The molecule has 0 aliphatic rings. The number of ether oxygens (including phenoxy) is 1. The van der Waals surface area contributed by atoms with Crippen molar-refractivity contribution in [2.45, 2.75) is 12.2 Å². The summed E-state index contributed by atoms with van der Waals surface area (Å²) in [5.74, 6) is -0.114. The van der Waals surface area contributed by atoms with E-state index in [9.17, 15) is 13.2 Å². The molecular formula is C12H8ClF3N2O. The fourth-order valence-electron chi connectivity index (χ4n) is 1.52. The average molecular weight is 289 g/mol. The molecule has 2 aromatic rings. The Hall–Kier alpha value is -1.82. The minimum Gasteiger partial charge on any atom is -0.406 e. The lowest BCUT2D eigenvalue weighted by Crippen LogP contribution is -2.16. The molecule has 1 aromatic carbocycles. The molecule has 0 N–H and O–H groups in total. The van der Waals surface area contributed by atoms with Gasteiger partial charge < -0.3 is 4.74 Å². The van der Waals surface area contributed by atoms with E-state index in [4.69, 9.17) is 11.6 Å². The van der Waals surface area contributed by atoms with Gasteiger partial charge in [0.2, 0.25) is 0 Å². The first-order chi connectivity index (χ1) is 8.99. The Morgan fingerprint density at radius 1 is 1.05 bits per heavy atom. The van der Waals surface area contributed by atoms with Crippen molar-refractivity contribution in [3.63, 3.8) is 0 Å². The van der Waals surface area contributed by atoms with Crippen LogP contribution >= 0.6 is 11.6 Å². The van der Waals surface area contributed by atoms with E-state index in [0.717, 1.165) is 0 Å². The molecule has 7 heteroatoms. The van der Waals surface area contributed by atoms with Gasteiger partial charge in [-0.2, -0.15) is 0 Å². The normalized spacial score (nSPS) is 11.4. The van der Waals surface area contributed by atoms with E-state index in [0.29, 0.717) is 17.0 Å². The first kappa shape index (κ1) is 13.6. The van der Waals surface area contributed by atoms with Gasteiger partial charge in [-0.15, -0.1) is 24.8 Å². The largest absolute Gasteiger partial charge is 0.573 e. The molecule has 2 rings (SSSR count). The van der Waals surface area contributed by atoms with Crippen LogP contribution in [0.4, 0.5) is 13.2 Å². The van der Waals surface area contributed by atoms with Gasteiger partial charge in [0.15, 0.2) is 0 Å². The van der Waals surface area contributed by atoms with E-state index in [-0.39, 0.29) is 11.6 Å². The molecule has 0 amide bonds. The van der Waals surface area contributed by atoms with Gasteiger partial charge in [-0.3, -0.25) is 9.97 Å². The fraction of sp³-hybridized carbons (Fsp3) is 0.167. The zero-order valence-corrected chi connectivity index (χ0v) is 10.2. The lowest BCUT2D eigenvalue weighted by Gasteiger charge is -2.09. The van der Waals surface area contributed by atoms with E-state index in [2.05, 4.69) is 14.7 Å². The van der Waals surface area contributed by atoms with E-state index in [1.165, 1.54) is 36.7 Å². The average Bonchev–Trinajstić information content (AvgIpc) is 2.38. The second-order valence-corrected chi connectivity index (χ2v) is 3.82. The highest BCUT2D eigenvalue weighted by molar-refractivity contribution is 6.17. The van der Waals surface area contributed by atoms with E-state index in [1.54, 1.807) is 0 Å². The molecule has 0 unspecified atom stereocenters. The number of halogens is 4. The van der Waals surface area contributed by atoms with E-state index < -0.39 is 6.36 Å². The van der Waals surface area contributed by atoms with Crippen LogP contribution in [0.1, 0.15) is 5.69 Å². The summed E-state index contributed by atoms with van der Waals surface area (Å²) in [4.78, 5) is 8.16. The van der Waals surface area contributed by atoms with Crippen LogP contribution in [0.3, 0.4) is 0 Å². The maximum atomic E-state index is 12.0. The highest BCUT2D eigenvalue weighted by Crippen LogP contribution is 2.26. The van der Waals surface area contributed by atoms with Crippen molar-refractivity contribution in [2.24, 2.45) is 0 Å². The number of hydrogen-bond acceptors (Lipinski definition) is 3. The Labute approximate surface area is 112 Å². The Balaban J connectivity index is 2.27. The molecule has 3 nitrogen and oxygen atoms in total. The standard InChI is InChI=1S/C12H8ClF3N2O/c13-7-10-11(18-6-5-17-10)8-1-3-9(4-2-8)19-12(14,15)16/h1-6H,7H2. The molecule has 0 fully saturated rings. The summed E-state index contributed by atoms with van der Waals surface area (Å²) in [6.45, 7) is 0. The van der Waals surface area contributed by atoms with Crippen LogP contribution in [0.25, 0.3) is 11.3 Å². The van der Waals surface area contributed by atoms with Gasteiger partial charge in [-0.1, -0.05) is 0 Å². The lowest BCUT2D eigenvalue weighted by molar-refractivity contribution is -0.274. The first-order valence-electron chi connectivity index (χ1n) is 5.21. The third kappa shape index (κ3) is 3.57. The minimum atomic E-state index is -4.70. The maximum absolute atomic E-state index is 12.0. The lowest BCUT2D eigenvalue weighted by atomic mass is 10.1. The molecule has 0 saturated carbocycles. The monoisotopic (exact) mass is 288 g/mol. The van der Waals surface area contributed by atoms with Crippen LogP contribution in [0.2, 0.25) is 0 Å². The SMILES string of the molecule is FC(F)(F)Oc1ccc(-c2nccnc2CCl)cc1. The second-order valence-electron chi connectivity index (χ2n) is 3.56. The van der Waals surface area contributed by atoms with Crippen LogP contribution in [0.5, 0.6) is 5.75 Å². The molecule has 0 atom stereocenters. The molecule has 19 heavy (non-hydrogen) atoms. The van der Waals surface area contributed by atoms with Crippen LogP contribution < -0.4 is 4.74 Å². The summed E-state index contributed by atoms with van der Waals surface area (Å²) in [5, 5.41) is 0. The Morgan fingerprint density at radius 2 is 1.68 bits per heavy atom. The summed E-state index contributed by atoms with van der Waals surface area (Å²) >= 11 is 5.72. The second kappa shape index (κ2) is 5.44. The van der Waals surface area contributed by atoms with Crippen molar-refractivity contribution in [1.29, 1.82) is 0 Å². The zero-order chi connectivity index (χ0) is 13.9. The third-order valence-corrected chi connectivity index (χ3v) is 2.52. The van der Waals surface area contributed by atoms with Crippen molar-refractivity contribution in [3.05, 3.63) is 42.4 Å². The van der Waals surface area contributed by atoms with E-state index in [1.807, 2.05) is 0 Å². The Kier molecular flexibility index (Phi) is 3.90. The number of aromatic nitrogens is 2. The zero-order valence-electron chi connectivity index (χ0n) is 9.49. The van der Waals surface area contributed by atoms with Crippen LogP contribution in [0, 0.1) is 0 Å². The van der Waals surface area contributed by atoms with Crippen molar-refractivity contribution in [3.8, 4) is 17.0 Å². The van der Waals surface area contributed by atoms with Crippen LogP contribution in [-0.4, -0.2) is 16.3 Å². The number of nitrogens with zero attached hydrogens (tertiary/aromatic N) is 2. The Morgan fingerprint density at radius 3 is 2.26 bits per heavy atom. The summed E-state index contributed by atoms with van der Waals surface area (Å²) < 4.78 is 39.9. The molecule has 0 spiro atoms. The minimum absolute atomic E-state index is 0.171. The van der Waals surface area contributed by atoms with Crippen molar-refractivity contribution < 1.29 is 17.9 Å². The summed E-state index contributed by atoms with van der Waals surface area (Å²) in [6, 6.07) is 5.38. The van der Waals surface area contributed by atoms with Crippen molar-refractivity contribution >= 4 is 11.6 Å². The number of alkyl halides is 4. The fourth-order valence-corrected chi connectivity index (χ4v) is 1.72. The third-order valence-electron chi connectivity index (χ3n) is 2.26. The van der Waals surface area contributed by atoms with Crippen molar-refractivity contribution in [1.82, 2.24) is 9.97 Å². The summed E-state index contributed by atoms with van der Waals surface area (Å²) in [7, 11) is 0. The quantitative estimate of drug-likeness (QED) is 0.806. The highest BCUT2D eigenvalue weighted by atomic mass is 35.5. The molecule has 1 aromatic heterocycles. The maximum Gasteiger partial charge on any atom is 0.573 e. The molecule has 0 aliphatic heterocycles. The molecular weight excluding hydrogens is 281 g/mol. The topological polar surface area (TPSA) is 35.0 Å². The predicted molar refractivity (Wildman–Crippen MR) is 63.7 cm³/mol. The van der Waals surface area contributed by atoms with Gasteiger partial charge in [0.1, 0.15) is 5.75 Å². The smallest absolute Gasteiger partial charge is 0.406 e. The molecule has 0 aliphatic carbocycles. The van der Waals surface area contributed by atoms with Crippen molar-refractivity contribution in [2.75, 3.05) is 0 Å². The van der Waals surface area contributed by atoms with Crippen LogP contribution in [0.15, 0.2) is 36.7 Å². The number of hydrogen-bond donors (Lipinski definition) is 0. The molecule has 100 valence electrons. The van der Waals surface area contributed by atoms with Crippen LogP contribution in [-0.2, 0) is 5.88 Å². The number of benzene rings is 1. The predicted octanol–water partition coefficient (Wildman–Crippen LogP) is 3.78. The molecule has 0 saturated heterocycles. The van der Waals surface area contributed by atoms with E-state index >= 15 is 0 Å². The first-order valence-corrected chi connectivity index (χ1v) is 5.75. The molecule has 0 radical (unpaired) electrons. The highest BCUT2D eigenvalue weighted by Gasteiger charge is 2.30. The molecule has 0 bridgehead atoms. The van der Waals surface area contributed by atoms with Gasteiger partial charge in [0, 0.05) is 18.0 Å². The van der Waals surface area contributed by atoms with Gasteiger partial charge >= 0.3 is 6.36 Å². The number of rotatable bonds is 3. The van der Waals surface area contributed by atoms with Gasteiger partial charge in [-0.05, 0) is 24.3 Å². The van der Waals surface area contributed by atoms with Gasteiger partial charge in [0.25, 0.3) is 0 Å². The molecule has 1 heterocycles. The van der Waals surface area contributed by atoms with Gasteiger partial charge in [-0.25, -0.2) is 0 Å².